The Morgan fingerprint density at radius 1 is 1.47 bits per heavy atom. The first-order chi connectivity index (χ1) is 7.20. The maximum absolute atomic E-state index is 11.1. The van der Waals surface area contributed by atoms with Crippen LogP contribution in [-0.4, -0.2) is 5.78 Å². The molecule has 0 radical (unpaired) electrons. The summed E-state index contributed by atoms with van der Waals surface area (Å²) in [6, 6.07) is 7.45. The van der Waals surface area contributed by atoms with Crippen molar-refractivity contribution in [3.05, 3.63) is 34.3 Å². The molecule has 1 saturated carbocycles. The van der Waals surface area contributed by atoms with Crippen molar-refractivity contribution in [1.29, 1.82) is 5.26 Å². The van der Waals surface area contributed by atoms with E-state index in [1.165, 1.54) is 0 Å². The lowest BCUT2D eigenvalue weighted by Gasteiger charge is -2.08. The van der Waals surface area contributed by atoms with E-state index in [4.69, 9.17) is 16.9 Å². The third-order valence-electron chi connectivity index (χ3n) is 2.83. The van der Waals surface area contributed by atoms with Crippen molar-refractivity contribution in [2.45, 2.75) is 25.2 Å². The van der Waals surface area contributed by atoms with Crippen LogP contribution in [0, 0.1) is 11.3 Å². The summed E-state index contributed by atoms with van der Waals surface area (Å²) in [5.41, 5.74) is 1.56. The van der Waals surface area contributed by atoms with Gasteiger partial charge in [0, 0.05) is 12.8 Å². The topological polar surface area (TPSA) is 40.9 Å². The van der Waals surface area contributed by atoms with Crippen LogP contribution in [0.2, 0.25) is 5.02 Å². The average Bonchev–Trinajstić information content (AvgIpc) is 2.65. The number of ketones is 1. The second-order valence-corrected chi connectivity index (χ2v) is 4.24. The highest BCUT2D eigenvalue weighted by atomic mass is 35.5. The zero-order valence-electron chi connectivity index (χ0n) is 8.16. The van der Waals surface area contributed by atoms with E-state index in [0.717, 1.165) is 12.0 Å². The van der Waals surface area contributed by atoms with Crippen molar-refractivity contribution in [1.82, 2.24) is 0 Å². The summed E-state index contributed by atoms with van der Waals surface area (Å²) in [5.74, 6) is 0.614. The minimum atomic E-state index is 0.294. The lowest BCUT2D eigenvalue weighted by molar-refractivity contribution is -0.117. The van der Waals surface area contributed by atoms with Gasteiger partial charge < -0.3 is 0 Å². The van der Waals surface area contributed by atoms with Gasteiger partial charge in [0.25, 0.3) is 0 Å². The molecule has 0 heterocycles. The van der Waals surface area contributed by atoms with Crippen LogP contribution >= 0.6 is 11.6 Å². The number of hydrogen-bond donors (Lipinski definition) is 0. The molecule has 2 rings (SSSR count). The number of carbonyl (C=O) groups is 1. The molecule has 0 spiro atoms. The molecule has 0 amide bonds. The largest absolute Gasteiger partial charge is 0.300 e. The molecule has 2 nitrogen and oxygen atoms in total. The number of nitrogens with zero attached hydrogens (tertiary/aromatic N) is 1. The Bertz CT molecular complexity index is 447. The van der Waals surface area contributed by atoms with Gasteiger partial charge in [0.1, 0.15) is 11.9 Å². The second-order valence-electron chi connectivity index (χ2n) is 3.83. The highest BCUT2D eigenvalue weighted by Gasteiger charge is 2.23. The van der Waals surface area contributed by atoms with Gasteiger partial charge in [0.05, 0.1) is 10.6 Å². The van der Waals surface area contributed by atoms with E-state index in [0.29, 0.717) is 35.1 Å². The van der Waals surface area contributed by atoms with Gasteiger partial charge in [-0.25, -0.2) is 0 Å². The molecule has 0 N–H and O–H groups in total. The number of Topliss-reactive ketones (excluding diaryl/α,β-unsaturated/α-hetero) is 1. The first kappa shape index (κ1) is 10.2. The zero-order chi connectivity index (χ0) is 10.8. The molecule has 76 valence electrons. The fourth-order valence-electron chi connectivity index (χ4n) is 1.97. The Morgan fingerprint density at radius 2 is 2.27 bits per heavy atom. The van der Waals surface area contributed by atoms with Gasteiger partial charge in [-0.2, -0.15) is 5.26 Å². The molecule has 15 heavy (non-hydrogen) atoms. The first-order valence-electron chi connectivity index (χ1n) is 4.92. The van der Waals surface area contributed by atoms with Gasteiger partial charge in [0.2, 0.25) is 0 Å². The van der Waals surface area contributed by atoms with Crippen LogP contribution in [0.15, 0.2) is 18.2 Å². The number of benzene rings is 1. The molecule has 1 atom stereocenters. The van der Waals surface area contributed by atoms with Crippen molar-refractivity contribution in [2.24, 2.45) is 0 Å². The molecule has 1 aliphatic carbocycles. The average molecular weight is 220 g/mol. The maximum Gasteiger partial charge on any atom is 0.133 e. The summed E-state index contributed by atoms with van der Waals surface area (Å²) in [6.45, 7) is 0. The highest BCUT2D eigenvalue weighted by molar-refractivity contribution is 6.31. The van der Waals surface area contributed by atoms with E-state index in [-0.39, 0.29) is 0 Å². The van der Waals surface area contributed by atoms with Gasteiger partial charge in [-0.3, -0.25) is 4.79 Å². The van der Waals surface area contributed by atoms with Crippen LogP contribution in [0.4, 0.5) is 0 Å². The Labute approximate surface area is 93.5 Å². The van der Waals surface area contributed by atoms with E-state index in [1.807, 2.05) is 18.2 Å². The zero-order valence-corrected chi connectivity index (χ0v) is 8.92. The fraction of sp³-hybridized carbons (Fsp3) is 0.333. The van der Waals surface area contributed by atoms with Crippen LogP contribution in [0.1, 0.15) is 36.3 Å². The molecule has 0 aromatic heterocycles. The standard InChI is InChI=1S/C12H10ClNO/c13-12-6-9(1-2-10(12)7-14)8-3-4-11(15)5-8/h1-2,6,8H,3-5H2/t8-/m0/s1. The molecule has 0 bridgehead atoms. The van der Waals surface area contributed by atoms with Gasteiger partial charge in [-0.15, -0.1) is 0 Å². The van der Waals surface area contributed by atoms with Crippen molar-refractivity contribution in [3.63, 3.8) is 0 Å². The maximum atomic E-state index is 11.1. The van der Waals surface area contributed by atoms with E-state index in [2.05, 4.69) is 0 Å². The SMILES string of the molecule is N#Cc1ccc([C@H]2CCC(=O)C2)cc1Cl. The third-order valence-corrected chi connectivity index (χ3v) is 3.14. The summed E-state index contributed by atoms with van der Waals surface area (Å²) in [7, 11) is 0. The monoisotopic (exact) mass is 219 g/mol. The minimum Gasteiger partial charge on any atom is -0.300 e. The molecule has 0 aliphatic heterocycles. The summed E-state index contributed by atoms with van der Waals surface area (Å²) < 4.78 is 0. The molecular weight excluding hydrogens is 210 g/mol. The Kier molecular flexibility index (Phi) is 2.75. The van der Waals surface area contributed by atoms with Crippen LogP contribution in [0.25, 0.3) is 0 Å². The lowest BCUT2D eigenvalue weighted by atomic mass is 9.97. The molecule has 3 heteroatoms. The van der Waals surface area contributed by atoms with Gasteiger partial charge >= 0.3 is 0 Å². The fourth-order valence-corrected chi connectivity index (χ4v) is 2.21. The molecule has 1 aliphatic rings. The number of carbonyl (C=O) groups excluding carboxylic acids is 1. The second kappa shape index (κ2) is 4.04. The van der Waals surface area contributed by atoms with Crippen LogP contribution in [0.3, 0.4) is 0 Å². The van der Waals surface area contributed by atoms with Crippen LogP contribution in [-0.2, 0) is 4.79 Å². The predicted molar refractivity (Wildman–Crippen MR) is 57.8 cm³/mol. The molecule has 0 saturated heterocycles. The number of halogens is 1. The Morgan fingerprint density at radius 3 is 2.80 bits per heavy atom. The Balaban J connectivity index is 2.27. The summed E-state index contributed by atoms with van der Waals surface area (Å²) in [4.78, 5) is 11.1. The van der Waals surface area contributed by atoms with Crippen molar-refractivity contribution in [3.8, 4) is 6.07 Å². The number of nitriles is 1. The van der Waals surface area contributed by atoms with Gasteiger partial charge in [0.15, 0.2) is 0 Å². The molecule has 1 fully saturated rings. The van der Waals surface area contributed by atoms with E-state index < -0.39 is 0 Å². The van der Waals surface area contributed by atoms with Gasteiger partial charge in [-0.1, -0.05) is 17.7 Å². The molecule has 1 aromatic rings. The number of rotatable bonds is 1. The molecule has 1 aromatic carbocycles. The van der Waals surface area contributed by atoms with E-state index >= 15 is 0 Å². The van der Waals surface area contributed by atoms with Crippen LogP contribution in [0.5, 0.6) is 0 Å². The normalized spacial score (nSPS) is 20.3. The quantitative estimate of drug-likeness (QED) is 0.729. The minimum absolute atomic E-state index is 0.294. The lowest BCUT2D eigenvalue weighted by Crippen LogP contribution is -1.94. The summed E-state index contributed by atoms with van der Waals surface area (Å²) in [5, 5.41) is 9.21. The first-order valence-corrected chi connectivity index (χ1v) is 5.29. The van der Waals surface area contributed by atoms with Crippen molar-refractivity contribution >= 4 is 17.4 Å². The van der Waals surface area contributed by atoms with E-state index in [1.54, 1.807) is 6.07 Å². The molecule has 0 unspecified atom stereocenters. The third kappa shape index (κ3) is 2.03. The smallest absolute Gasteiger partial charge is 0.133 e. The van der Waals surface area contributed by atoms with E-state index in [9.17, 15) is 4.79 Å². The van der Waals surface area contributed by atoms with Crippen molar-refractivity contribution < 1.29 is 4.79 Å². The van der Waals surface area contributed by atoms with Gasteiger partial charge in [-0.05, 0) is 30.0 Å². The van der Waals surface area contributed by atoms with Crippen molar-refractivity contribution in [2.75, 3.05) is 0 Å². The van der Waals surface area contributed by atoms with Crippen LogP contribution < -0.4 is 0 Å². The Hall–Kier alpha value is -1.33. The molecular formula is C12H10ClNO. The predicted octanol–water partition coefficient (Wildman–Crippen LogP) is 3.05. The highest BCUT2D eigenvalue weighted by Crippen LogP contribution is 2.33. The number of hydrogen-bond acceptors (Lipinski definition) is 2. The summed E-state index contributed by atoms with van der Waals surface area (Å²) >= 11 is 5.94. The summed E-state index contributed by atoms with van der Waals surface area (Å²) in [6.07, 6.45) is 2.19.